The maximum Gasteiger partial charge on any atom is 0.174 e. The summed E-state index contributed by atoms with van der Waals surface area (Å²) in [7, 11) is 0. The second-order valence-electron chi connectivity index (χ2n) is 2.04. The van der Waals surface area contributed by atoms with Crippen molar-refractivity contribution < 1.29 is 4.79 Å². The number of rotatable bonds is 2. The third-order valence-electron chi connectivity index (χ3n) is 1.32. The Morgan fingerprint density at radius 1 is 1.50 bits per heavy atom. The Morgan fingerprint density at radius 3 is 2.60 bits per heavy atom. The lowest BCUT2D eigenvalue weighted by Gasteiger charge is -2.23. The third-order valence-corrected chi connectivity index (χ3v) is 1.87. The molecule has 58 valence electrons. The molecule has 0 amide bonds. The van der Waals surface area contributed by atoms with Crippen molar-refractivity contribution in [3.05, 3.63) is 0 Å². The predicted octanol–water partition coefficient (Wildman–Crippen LogP) is -1.03. The molecule has 0 aromatic heterocycles. The van der Waals surface area contributed by atoms with Crippen LogP contribution in [0.1, 0.15) is 0 Å². The number of carbonyl (C=O) groups is 1. The molecule has 1 aliphatic rings. The minimum absolute atomic E-state index is 0.140. The number of nitrogens with one attached hydrogen (secondary N) is 3. The highest BCUT2D eigenvalue weighted by molar-refractivity contribution is 9.09. The smallest absolute Gasteiger partial charge is 0.174 e. The molecule has 1 rings (SSSR count). The van der Waals surface area contributed by atoms with Gasteiger partial charge in [0.2, 0.25) is 0 Å². The summed E-state index contributed by atoms with van der Waals surface area (Å²) in [5, 5.41) is 9.34. The van der Waals surface area contributed by atoms with Crippen molar-refractivity contribution in [3.63, 3.8) is 0 Å². The van der Waals surface area contributed by atoms with Gasteiger partial charge in [0.25, 0.3) is 0 Å². The van der Waals surface area contributed by atoms with Crippen molar-refractivity contribution in [1.82, 2.24) is 16.0 Å². The molecule has 0 aliphatic carbocycles. The van der Waals surface area contributed by atoms with Gasteiger partial charge in [0.15, 0.2) is 5.78 Å². The van der Waals surface area contributed by atoms with Crippen molar-refractivity contribution in [1.29, 1.82) is 0 Å². The zero-order chi connectivity index (χ0) is 7.40. The van der Waals surface area contributed by atoms with Crippen LogP contribution in [0.25, 0.3) is 0 Å². The van der Waals surface area contributed by atoms with E-state index in [-0.39, 0.29) is 11.9 Å². The summed E-state index contributed by atoms with van der Waals surface area (Å²) >= 11 is 3.10. The first-order chi connectivity index (χ1) is 4.84. The Balaban J connectivity index is 2.31. The van der Waals surface area contributed by atoms with Crippen molar-refractivity contribution in [2.24, 2.45) is 0 Å². The van der Waals surface area contributed by atoms with E-state index >= 15 is 0 Å². The summed E-state index contributed by atoms with van der Waals surface area (Å²) in [5.41, 5.74) is 0. The number of Topliss-reactive ketones (excluding diaryl/α,β-unsaturated/α-hetero) is 1. The molecule has 1 aliphatic heterocycles. The van der Waals surface area contributed by atoms with E-state index in [9.17, 15) is 4.79 Å². The van der Waals surface area contributed by atoms with Crippen LogP contribution < -0.4 is 16.0 Å². The van der Waals surface area contributed by atoms with E-state index in [0.717, 1.165) is 0 Å². The molecule has 10 heavy (non-hydrogen) atoms. The monoisotopic (exact) mass is 207 g/mol. The lowest BCUT2D eigenvalue weighted by molar-refractivity contribution is -0.119. The van der Waals surface area contributed by atoms with E-state index in [0.29, 0.717) is 18.7 Å². The third kappa shape index (κ3) is 2.02. The van der Waals surface area contributed by atoms with Crippen molar-refractivity contribution in [3.8, 4) is 0 Å². The molecular weight excluding hydrogens is 198 g/mol. The Hall–Kier alpha value is 0.0300. The summed E-state index contributed by atoms with van der Waals surface area (Å²) < 4.78 is 0. The first kappa shape index (κ1) is 8.13. The van der Waals surface area contributed by atoms with Gasteiger partial charge in [-0.05, 0) is 0 Å². The molecule has 1 fully saturated rings. The van der Waals surface area contributed by atoms with Gasteiger partial charge in [0.1, 0.15) is 6.17 Å². The van der Waals surface area contributed by atoms with Crippen LogP contribution in [0.15, 0.2) is 0 Å². The van der Waals surface area contributed by atoms with Crippen LogP contribution in [-0.4, -0.2) is 30.6 Å². The quantitative estimate of drug-likeness (QED) is 0.508. The van der Waals surface area contributed by atoms with Gasteiger partial charge in [-0.25, -0.2) is 0 Å². The highest BCUT2D eigenvalue weighted by Crippen LogP contribution is 1.88. The summed E-state index contributed by atoms with van der Waals surface area (Å²) in [5.74, 6) is 0.140. The topological polar surface area (TPSA) is 53.2 Å². The molecule has 0 saturated carbocycles. The summed E-state index contributed by atoms with van der Waals surface area (Å²) in [4.78, 5) is 11.0. The first-order valence-electron chi connectivity index (χ1n) is 3.11. The zero-order valence-corrected chi connectivity index (χ0v) is 7.07. The molecule has 0 spiro atoms. The minimum atomic E-state index is -0.180. The van der Waals surface area contributed by atoms with E-state index in [1.165, 1.54) is 0 Å². The van der Waals surface area contributed by atoms with Gasteiger partial charge < -0.3 is 0 Å². The van der Waals surface area contributed by atoms with Crippen LogP contribution in [0.3, 0.4) is 0 Å². The minimum Gasteiger partial charge on any atom is -0.295 e. The SMILES string of the molecule is O=C(CBr)C1NCNCN1. The highest BCUT2D eigenvalue weighted by Gasteiger charge is 2.17. The van der Waals surface area contributed by atoms with Crippen LogP contribution in [0, 0.1) is 0 Å². The van der Waals surface area contributed by atoms with Gasteiger partial charge in [0.05, 0.1) is 5.33 Å². The normalized spacial score (nSPS) is 20.9. The fourth-order valence-corrected chi connectivity index (χ4v) is 1.11. The number of ketones is 1. The Kier molecular flexibility index (Phi) is 3.27. The van der Waals surface area contributed by atoms with Gasteiger partial charge in [-0.3, -0.25) is 20.7 Å². The van der Waals surface area contributed by atoms with Gasteiger partial charge in [-0.1, -0.05) is 15.9 Å². The van der Waals surface area contributed by atoms with Crippen LogP contribution >= 0.6 is 15.9 Å². The Labute approximate surface area is 67.9 Å². The van der Waals surface area contributed by atoms with Gasteiger partial charge >= 0.3 is 0 Å². The molecule has 0 radical (unpaired) electrons. The van der Waals surface area contributed by atoms with Crippen molar-refractivity contribution in [2.45, 2.75) is 6.17 Å². The number of hydrogen-bond donors (Lipinski definition) is 3. The van der Waals surface area contributed by atoms with Gasteiger partial charge in [-0.2, -0.15) is 0 Å². The van der Waals surface area contributed by atoms with Gasteiger partial charge in [-0.15, -0.1) is 0 Å². The second kappa shape index (κ2) is 4.02. The molecule has 0 aromatic carbocycles. The molecule has 3 N–H and O–H groups in total. The van der Waals surface area contributed by atoms with Crippen LogP contribution in [0.4, 0.5) is 0 Å². The number of alkyl halides is 1. The molecular formula is C5H10BrN3O. The van der Waals surface area contributed by atoms with Crippen molar-refractivity contribution >= 4 is 21.7 Å². The maximum atomic E-state index is 11.0. The molecule has 0 bridgehead atoms. The molecule has 0 aromatic rings. The van der Waals surface area contributed by atoms with Crippen LogP contribution in [0.2, 0.25) is 0 Å². The van der Waals surface area contributed by atoms with Crippen molar-refractivity contribution in [2.75, 3.05) is 18.7 Å². The first-order valence-corrected chi connectivity index (χ1v) is 4.23. The van der Waals surface area contributed by atoms with E-state index in [1.807, 2.05) is 0 Å². The lowest BCUT2D eigenvalue weighted by Crippen LogP contribution is -2.59. The van der Waals surface area contributed by atoms with Crippen LogP contribution in [-0.2, 0) is 4.79 Å². The molecule has 0 atom stereocenters. The summed E-state index contributed by atoms with van der Waals surface area (Å²) in [6.45, 7) is 1.38. The summed E-state index contributed by atoms with van der Waals surface area (Å²) in [6, 6.07) is 0. The van der Waals surface area contributed by atoms with Crippen LogP contribution in [0.5, 0.6) is 0 Å². The second-order valence-corrected chi connectivity index (χ2v) is 2.61. The lowest BCUT2D eigenvalue weighted by atomic mass is 10.3. The fourth-order valence-electron chi connectivity index (χ4n) is 0.788. The van der Waals surface area contributed by atoms with E-state index in [1.54, 1.807) is 0 Å². The van der Waals surface area contributed by atoms with E-state index in [4.69, 9.17) is 0 Å². The molecule has 0 unspecified atom stereocenters. The Bertz CT molecular complexity index is 124. The predicted molar refractivity (Wildman–Crippen MR) is 41.7 cm³/mol. The summed E-state index contributed by atoms with van der Waals surface area (Å²) in [6.07, 6.45) is -0.180. The van der Waals surface area contributed by atoms with E-state index < -0.39 is 0 Å². The molecule has 1 saturated heterocycles. The number of hydrogen-bond acceptors (Lipinski definition) is 4. The largest absolute Gasteiger partial charge is 0.295 e. The standard InChI is InChI=1S/C5H10BrN3O/c6-1-4(10)5-8-2-7-3-9-5/h5,7-9H,1-3H2. The highest BCUT2D eigenvalue weighted by atomic mass is 79.9. The zero-order valence-electron chi connectivity index (χ0n) is 5.48. The molecule has 1 heterocycles. The average Bonchev–Trinajstić information content (AvgIpc) is 2.05. The number of halogens is 1. The van der Waals surface area contributed by atoms with E-state index in [2.05, 4.69) is 31.9 Å². The average molecular weight is 208 g/mol. The Morgan fingerprint density at radius 2 is 2.10 bits per heavy atom. The van der Waals surface area contributed by atoms with Gasteiger partial charge in [0, 0.05) is 13.3 Å². The number of carbonyl (C=O) groups excluding carboxylic acids is 1. The fraction of sp³-hybridized carbons (Fsp3) is 0.800. The molecule has 5 heteroatoms. The molecule has 4 nitrogen and oxygen atoms in total. The maximum absolute atomic E-state index is 11.0.